The van der Waals surface area contributed by atoms with Crippen LogP contribution in [0.15, 0.2) is 42.5 Å². The first-order chi connectivity index (χ1) is 9.79. The molecule has 0 aliphatic rings. The van der Waals surface area contributed by atoms with E-state index in [-0.39, 0.29) is 23.1 Å². The van der Waals surface area contributed by atoms with Crippen molar-refractivity contribution in [2.75, 3.05) is 0 Å². The van der Waals surface area contributed by atoms with Gasteiger partial charge in [-0.1, -0.05) is 63.2 Å². The SMILES string of the molecule is Cc1cc(C(S)Cc2ccccc2)cc(C(C)(C)C)c1O.Cl. The zero-order valence-electron chi connectivity index (χ0n) is 13.6. The topological polar surface area (TPSA) is 20.2 Å². The Bertz CT molecular complexity index is 617. The molecular formula is C19H25ClOS. The number of hydrogen-bond donors (Lipinski definition) is 2. The fraction of sp³-hybridized carbons (Fsp3) is 0.368. The fourth-order valence-corrected chi connectivity index (χ4v) is 2.89. The molecule has 0 radical (unpaired) electrons. The van der Waals surface area contributed by atoms with Crippen molar-refractivity contribution in [2.45, 2.75) is 44.8 Å². The fourth-order valence-electron chi connectivity index (χ4n) is 2.53. The third-order valence-electron chi connectivity index (χ3n) is 3.79. The van der Waals surface area contributed by atoms with Gasteiger partial charge in [0.1, 0.15) is 5.75 Å². The molecule has 0 heterocycles. The van der Waals surface area contributed by atoms with E-state index in [1.165, 1.54) is 11.1 Å². The van der Waals surface area contributed by atoms with E-state index in [9.17, 15) is 5.11 Å². The normalized spacial score (nSPS) is 12.6. The van der Waals surface area contributed by atoms with Gasteiger partial charge in [0, 0.05) is 5.25 Å². The maximum absolute atomic E-state index is 10.3. The average molecular weight is 337 g/mol. The summed E-state index contributed by atoms with van der Waals surface area (Å²) in [5, 5.41) is 10.4. The van der Waals surface area contributed by atoms with Gasteiger partial charge in [-0.3, -0.25) is 0 Å². The second-order valence-corrected chi connectivity index (χ2v) is 7.31. The summed E-state index contributed by atoms with van der Waals surface area (Å²) >= 11 is 4.77. The summed E-state index contributed by atoms with van der Waals surface area (Å²) < 4.78 is 0. The maximum Gasteiger partial charge on any atom is 0.122 e. The van der Waals surface area contributed by atoms with E-state index in [2.05, 4.69) is 51.1 Å². The van der Waals surface area contributed by atoms with Crippen molar-refractivity contribution >= 4 is 25.0 Å². The van der Waals surface area contributed by atoms with Crippen molar-refractivity contribution in [3.63, 3.8) is 0 Å². The third kappa shape index (κ3) is 4.44. The number of hydrogen-bond acceptors (Lipinski definition) is 2. The number of phenols is 1. The van der Waals surface area contributed by atoms with Crippen molar-refractivity contribution in [3.8, 4) is 5.75 Å². The van der Waals surface area contributed by atoms with Crippen LogP contribution in [0.3, 0.4) is 0 Å². The summed E-state index contributed by atoms with van der Waals surface area (Å²) in [7, 11) is 0. The van der Waals surface area contributed by atoms with Crippen LogP contribution in [0.1, 0.15) is 48.3 Å². The van der Waals surface area contributed by atoms with Gasteiger partial charge in [0.25, 0.3) is 0 Å². The van der Waals surface area contributed by atoms with Crippen LogP contribution >= 0.6 is 25.0 Å². The molecule has 2 aromatic carbocycles. The lowest BCUT2D eigenvalue weighted by Crippen LogP contribution is -2.13. The third-order valence-corrected chi connectivity index (χ3v) is 4.27. The van der Waals surface area contributed by atoms with Crippen LogP contribution in [0.2, 0.25) is 0 Å². The Morgan fingerprint density at radius 1 is 1.09 bits per heavy atom. The van der Waals surface area contributed by atoms with E-state index in [0.717, 1.165) is 17.5 Å². The molecule has 1 atom stereocenters. The van der Waals surface area contributed by atoms with E-state index >= 15 is 0 Å². The summed E-state index contributed by atoms with van der Waals surface area (Å²) in [6, 6.07) is 14.5. The van der Waals surface area contributed by atoms with E-state index < -0.39 is 0 Å². The maximum atomic E-state index is 10.3. The molecule has 120 valence electrons. The van der Waals surface area contributed by atoms with E-state index in [1.54, 1.807) is 0 Å². The van der Waals surface area contributed by atoms with Gasteiger partial charge in [-0.2, -0.15) is 12.6 Å². The minimum Gasteiger partial charge on any atom is -0.507 e. The van der Waals surface area contributed by atoms with Crippen molar-refractivity contribution in [3.05, 3.63) is 64.7 Å². The molecule has 0 spiro atoms. The first-order valence-corrected chi connectivity index (χ1v) is 7.86. The summed E-state index contributed by atoms with van der Waals surface area (Å²) in [4.78, 5) is 0. The van der Waals surface area contributed by atoms with Crippen LogP contribution in [0.5, 0.6) is 5.75 Å². The molecule has 2 aromatic rings. The van der Waals surface area contributed by atoms with Crippen LogP contribution < -0.4 is 0 Å². The van der Waals surface area contributed by atoms with Crippen molar-refractivity contribution in [1.82, 2.24) is 0 Å². The Morgan fingerprint density at radius 3 is 2.23 bits per heavy atom. The Morgan fingerprint density at radius 2 is 1.68 bits per heavy atom. The molecule has 0 aromatic heterocycles. The molecule has 1 unspecified atom stereocenters. The number of halogens is 1. The molecule has 0 aliphatic carbocycles. The summed E-state index contributed by atoms with van der Waals surface area (Å²) in [5.41, 5.74) is 4.28. The molecular weight excluding hydrogens is 312 g/mol. The molecule has 0 fully saturated rings. The molecule has 2 rings (SSSR count). The minimum absolute atomic E-state index is 0. The molecule has 0 bridgehead atoms. The first-order valence-electron chi connectivity index (χ1n) is 7.35. The highest BCUT2D eigenvalue weighted by molar-refractivity contribution is 7.80. The smallest absolute Gasteiger partial charge is 0.122 e. The Labute approximate surface area is 145 Å². The number of phenolic OH excluding ortho intramolecular Hbond substituents is 1. The minimum atomic E-state index is -0.0783. The van der Waals surface area contributed by atoms with Crippen LogP contribution in [0, 0.1) is 6.92 Å². The summed E-state index contributed by atoms with van der Waals surface area (Å²) in [6.07, 6.45) is 0.887. The van der Waals surface area contributed by atoms with E-state index in [0.29, 0.717) is 5.75 Å². The molecule has 1 nitrogen and oxygen atoms in total. The molecule has 0 saturated heterocycles. The van der Waals surface area contributed by atoms with Gasteiger partial charge in [0.2, 0.25) is 0 Å². The number of aromatic hydroxyl groups is 1. The van der Waals surface area contributed by atoms with Crippen LogP contribution in [0.4, 0.5) is 0 Å². The molecule has 0 amide bonds. The van der Waals surface area contributed by atoms with E-state index in [1.807, 2.05) is 19.1 Å². The molecule has 22 heavy (non-hydrogen) atoms. The Hall–Kier alpha value is -1.12. The number of rotatable bonds is 3. The standard InChI is InChI=1S/C19H24OS.ClH/c1-13-10-15(12-16(18(13)20)19(2,3)4)17(21)11-14-8-6-5-7-9-14;/h5-10,12,17,20-21H,11H2,1-4H3;1H. The second-order valence-electron chi connectivity index (χ2n) is 6.69. The highest BCUT2D eigenvalue weighted by Crippen LogP contribution is 2.37. The lowest BCUT2D eigenvalue weighted by Gasteiger charge is -2.24. The largest absolute Gasteiger partial charge is 0.507 e. The Kier molecular flexibility index (Phi) is 6.39. The van der Waals surface area contributed by atoms with E-state index in [4.69, 9.17) is 12.6 Å². The van der Waals surface area contributed by atoms with Crippen molar-refractivity contribution in [1.29, 1.82) is 0 Å². The lowest BCUT2D eigenvalue weighted by atomic mass is 9.83. The van der Waals surface area contributed by atoms with Crippen molar-refractivity contribution in [2.24, 2.45) is 0 Å². The molecule has 3 heteroatoms. The predicted molar refractivity (Wildman–Crippen MR) is 101 cm³/mol. The highest BCUT2D eigenvalue weighted by Gasteiger charge is 2.21. The quantitative estimate of drug-likeness (QED) is 0.695. The second kappa shape index (κ2) is 7.43. The highest BCUT2D eigenvalue weighted by atomic mass is 35.5. The monoisotopic (exact) mass is 336 g/mol. The van der Waals surface area contributed by atoms with Gasteiger partial charge in [-0.25, -0.2) is 0 Å². The zero-order chi connectivity index (χ0) is 15.6. The number of aryl methyl sites for hydroxylation is 1. The predicted octanol–water partition coefficient (Wildman–Crippen LogP) is 5.63. The van der Waals surface area contributed by atoms with Gasteiger partial charge >= 0.3 is 0 Å². The Balaban J connectivity index is 0.00000242. The van der Waals surface area contributed by atoms with Gasteiger partial charge in [-0.05, 0) is 41.0 Å². The van der Waals surface area contributed by atoms with Crippen molar-refractivity contribution < 1.29 is 5.11 Å². The average Bonchev–Trinajstić information content (AvgIpc) is 2.41. The number of benzene rings is 2. The summed E-state index contributed by atoms with van der Waals surface area (Å²) in [5.74, 6) is 0.409. The molecule has 0 saturated carbocycles. The number of thiol groups is 1. The lowest BCUT2D eigenvalue weighted by molar-refractivity contribution is 0.442. The van der Waals surface area contributed by atoms with Crippen LogP contribution in [-0.2, 0) is 11.8 Å². The van der Waals surface area contributed by atoms with Gasteiger partial charge < -0.3 is 5.11 Å². The molecule has 0 aliphatic heterocycles. The van der Waals surface area contributed by atoms with Crippen LogP contribution in [0.25, 0.3) is 0 Å². The zero-order valence-corrected chi connectivity index (χ0v) is 15.3. The first kappa shape index (κ1) is 18.9. The van der Waals surface area contributed by atoms with Gasteiger partial charge in [0.15, 0.2) is 0 Å². The van der Waals surface area contributed by atoms with Gasteiger partial charge in [-0.15, -0.1) is 12.4 Å². The molecule has 1 N–H and O–H groups in total. The van der Waals surface area contributed by atoms with Crippen LogP contribution in [-0.4, -0.2) is 5.11 Å². The summed E-state index contributed by atoms with van der Waals surface area (Å²) in [6.45, 7) is 8.32. The van der Waals surface area contributed by atoms with Gasteiger partial charge in [0.05, 0.1) is 0 Å².